The zero-order valence-corrected chi connectivity index (χ0v) is 15.8. The van der Waals surface area contributed by atoms with Crippen LogP contribution in [0.25, 0.3) is 0 Å². The first-order chi connectivity index (χ1) is 12.5. The number of carbonyl (C=O) groups excluding carboxylic acids is 2. The molecule has 0 bridgehead atoms. The predicted molar refractivity (Wildman–Crippen MR) is 103 cm³/mol. The van der Waals surface area contributed by atoms with Gasteiger partial charge < -0.3 is 10.2 Å². The molecule has 0 aliphatic heterocycles. The molecule has 1 aliphatic carbocycles. The number of nitrogens with one attached hydrogen (secondary N) is 1. The minimum atomic E-state index is -0.457. The lowest BCUT2D eigenvalue weighted by Crippen LogP contribution is -2.49. The van der Waals surface area contributed by atoms with Crippen LogP contribution in [0.4, 0.5) is 0 Å². The van der Waals surface area contributed by atoms with Crippen LogP contribution in [0.2, 0.25) is 5.02 Å². The molecule has 0 radical (unpaired) electrons. The zero-order valence-electron chi connectivity index (χ0n) is 15.1. The molecule has 0 heterocycles. The van der Waals surface area contributed by atoms with Crippen LogP contribution in [0.5, 0.6) is 0 Å². The summed E-state index contributed by atoms with van der Waals surface area (Å²) in [7, 11) is 3.44. The van der Waals surface area contributed by atoms with Crippen LogP contribution in [0, 0.1) is 0 Å². The van der Waals surface area contributed by atoms with E-state index in [-0.39, 0.29) is 11.8 Å². The van der Waals surface area contributed by atoms with Gasteiger partial charge in [-0.3, -0.25) is 9.59 Å². The van der Waals surface area contributed by atoms with E-state index in [2.05, 4.69) is 5.32 Å². The molecule has 1 saturated carbocycles. The maximum absolute atomic E-state index is 13.2. The molecule has 0 atom stereocenters. The second-order valence-corrected chi connectivity index (χ2v) is 7.32. The van der Waals surface area contributed by atoms with Gasteiger partial charge in [-0.15, -0.1) is 0 Å². The van der Waals surface area contributed by atoms with E-state index in [9.17, 15) is 9.59 Å². The Morgan fingerprint density at radius 2 is 1.85 bits per heavy atom. The topological polar surface area (TPSA) is 49.4 Å². The molecule has 3 rings (SSSR count). The van der Waals surface area contributed by atoms with Gasteiger partial charge in [-0.2, -0.15) is 0 Å². The van der Waals surface area contributed by atoms with Crippen molar-refractivity contribution in [2.45, 2.75) is 31.2 Å². The smallest absolute Gasteiger partial charge is 0.251 e. The lowest BCUT2D eigenvalue weighted by Gasteiger charge is -2.43. The van der Waals surface area contributed by atoms with Gasteiger partial charge in [0.05, 0.1) is 5.41 Å². The highest BCUT2D eigenvalue weighted by Gasteiger charge is 2.47. The van der Waals surface area contributed by atoms with Crippen LogP contribution >= 0.6 is 11.6 Å². The molecule has 26 heavy (non-hydrogen) atoms. The number of halogens is 1. The van der Waals surface area contributed by atoms with Gasteiger partial charge in [0.2, 0.25) is 5.91 Å². The summed E-state index contributed by atoms with van der Waals surface area (Å²) in [5.41, 5.74) is 2.15. The minimum Gasteiger partial charge on any atom is -0.355 e. The fourth-order valence-electron chi connectivity index (χ4n) is 3.56. The van der Waals surface area contributed by atoms with E-state index in [0.717, 1.165) is 30.4 Å². The van der Waals surface area contributed by atoms with Crippen molar-refractivity contribution < 1.29 is 9.59 Å². The highest BCUT2D eigenvalue weighted by molar-refractivity contribution is 6.30. The minimum absolute atomic E-state index is 0.115. The first-order valence-electron chi connectivity index (χ1n) is 8.79. The summed E-state index contributed by atoms with van der Waals surface area (Å²) in [6.45, 7) is 0.509. The van der Waals surface area contributed by atoms with E-state index in [0.29, 0.717) is 17.1 Å². The molecule has 0 unspecified atom stereocenters. The lowest BCUT2D eigenvalue weighted by atomic mass is 9.63. The van der Waals surface area contributed by atoms with Crippen molar-refractivity contribution in [3.8, 4) is 0 Å². The third-order valence-electron chi connectivity index (χ3n) is 5.20. The Hall–Kier alpha value is -2.33. The van der Waals surface area contributed by atoms with Crippen molar-refractivity contribution in [2.24, 2.45) is 0 Å². The Morgan fingerprint density at radius 1 is 1.15 bits per heavy atom. The van der Waals surface area contributed by atoms with Crippen LogP contribution in [0.3, 0.4) is 0 Å². The second-order valence-electron chi connectivity index (χ2n) is 6.88. The average molecular weight is 371 g/mol. The summed E-state index contributed by atoms with van der Waals surface area (Å²) >= 11 is 6.14. The monoisotopic (exact) mass is 370 g/mol. The first-order valence-corrected chi connectivity index (χ1v) is 9.17. The fraction of sp³-hybridized carbons (Fsp3) is 0.333. The molecule has 1 fully saturated rings. The van der Waals surface area contributed by atoms with Crippen molar-refractivity contribution >= 4 is 23.4 Å². The molecule has 1 N–H and O–H groups in total. The Morgan fingerprint density at radius 3 is 2.38 bits per heavy atom. The van der Waals surface area contributed by atoms with Crippen molar-refractivity contribution in [1.29, 1.82) is 0 Å². The van der Waals surface area contributed by atoms with E-state index in [4.69, 9.17) is 11.6 Å². The molecule has 1 aliphatic rings. The second kappa shape index (κ2) is 7.50. The summed E-state index contributed by atoms with van der Waals surface area (Å²) in [5.74, 6) is 0.0109. The zero-order chi connectivity index (χ0) is 18.7. The van der Waals surface area contributed by atoms with Gasteiger partial charge >= 0.3 is 0 Å². The molecule has 5 heteroatoms. The number of hydrogen-bond acceptors (Lipinski definition) is 2. The maximum Gasteiger partial charge on any atom is 0.251 e. The normalized spacial score (nSPS) is 15.0. The molecule has 2 amide bonds. The third-order valence-corrected chi connectivity index (χ3v) is 5.44. The number of rotatable bonds is 5. The van der Waals surface area contributed by atoms with Crippen LogP contribution < -0.4 is 5.32 Å². The van der Waals surface area contributed by atoms with Gasteiger partial charge in [0.1, 0.15) is 0 Å². The van der Waals surface area contributed by atoms with Gasteiger partial charge in [-0.25, -0.2) is 0 Å². The average Bonchev–Trinajstić information content (AvgIpc) is 2.60. The van der Waals surface area contributed by atoms with E-state index in [1.165, 1.54) is 0 Å². The van der Waals surface area contributed by atoms with Crippen molar-refractivity contribution in [3.05, 3.63) is 70.2 Å². The quantitative estimate of drug-likeness (QED) is 0.870. The van der Waals surface area contributed by atoms with Crippen molar-refractivity contribution in [2.75, 3.05) is 14.1 Å². The maximum atomic E-state index is 13.2. The van der Waals surface area contributed by atoms with Crippen LogP contribution in [0.15, 0.2) is 48.5 Å². The number of benzene rings is 2. The van der Waals surface area contributed by atoms with Gasteiger partial charge in [0, 0.05) is 31.2 Å². The molecule has 136 valence electrons. The Bertz CT molecular complexity index is 813. The molecular formula is C21H23ClN2O2. The fourth-order valence-corrected chi connectivity index (χ4v) is 3.75. The number of carbonyl (C=O) groups is 2. The number of likely N-dealkylation sites (N-methyl/N-ethyl adjacent to an activating group) is 1. The molecule has 0 aromatic heterocycles. The Balaban J connectivity index is 1.75. The molecule has 0 spiro atoms. The molecule has 2 aromatic rings. The highest BCUT2D eigenvalue weighted by atomic mass is 35.5. The summed E-state index contributed by atoms with van der Waals surface area (Å²) in [4.78, 5) is 26.6. The van der Waals surface area contributed by atoms with Gasteiger partial charge in [-0.05, 0) is 48.2 Å². The summed E-state index contributed by atoms with van der Waals surface area (Å²) < 4.78 is 0. The first kappa shape index (κ1) is 18.5. The van der Waals surface area contributed by atoms with E-state index >= 15 is 0 Å². The molecule has 4 nitrogen and oxygen atoms in total. The number of amides is 2. The summed E-state index contributed by atoms with van der Waals surface area (Å²) in [6, 6.07) is 15.0. The SMILES string of the molecule is CNC(=O)c1ccc(CN(C)C(=O)C2(c3cccc(Cl)c3)CCC2)cc1. The molecule has 2 aromatic carbocycles. The number of hydrogen-bond donors (Lipinski definition) is 1. The highest BCUT2D eigenvalue weighted by Crippen LogP contribution is 2.45. The third kappa shape index (κ3) is 3.47. The van der Waals surface area contributed by atoms with Crippen LogP contribution in [-0.2, 0) is 16.8 Å². The lowest BCUT2D eigenvalue weighted by molar-refractivity contribution is -0.140. The van der Waals surface area contributed by atoms with Gasteiger partial charge in [-0.1, -0.05) is 42.3 Å². The van der Waals surface area contributed by atoms with E-state index < -0.39 is 5.41 Å². The summed E-state index contributed by atoms with van der Waals surface area (Å²) in [5, 5.41) is 3.26. The van der Waals surface area contributed by atoms with Crippen LogP contribution in [-0.4, -0.2) is 30.8 Å². The standard InChI is InChI=1S/C21H23ClN2O2/c1-23-19(25)16-9-7-15(8-10-16)14-24(2)20(26)21(11-4-12-21)17-5-3-6-18(22)13-17/h3,5-10,13H,4,11-12,14H2,1-2H3,(H,23,25). The molecule has 0 saturated heterocycles. The summed E-state index contributed by atoms with van der Waals surface area (Å²) in [6.07, 6.45) is 2.76. The van der Waals surface area contributed by atoms with Crippen molar-refractivity contribution in [3.63, 3.8) is 0 Å². The Labute approximate surface area is 159 Å². The number of nitrogens with zero attached hydrogens (tertiary/aromatic N) is 1. The van der Waals surface area contributed by atoms with E-state index in [1.54, 1.807) is 24.1 Å². The van der Waals surface area contributed by atoms with Gasteiger partial charge in [0.15, 0.2) is 0 Å². The molecular weight excluding hydrogens is 348 g/mol. The van der Waals surface area contributed by atoms with Crippen LogP contribution in [0.1, 0.15) is 40.7 Å². The van der Waals surface area contributed by atoms with Gasteiger partial charge in [0.25, 0.3) is 5.91 Å². The van der Waals surface area contributed by atoms with E-state index in [1.807, 2.05) is 43.4 Å². The Kier molecular flexibility index (Phi) is 5.33. The predicted octanol–water partition coefficient (Wildman–Crippen LogP) is 3.78. The van der Waals surface area contributed by atoms with Crippen molar-refractivity contribution in [1.82, 2.24) is 10.2 Å². The largest absolute Gasteiger partial charge is 0.355 e.